The van der Waals surface area contributed by atoms with Crippen molar-refractivity contribution in [3.05, 3.63) is 12.2 Å². The van der Waals surface area contributed by atoms with Gasteiger partial charge in [0, 0.05) is 23.7 Å². The number of hydrogen-bond donors (Lipinski definition) is 1. The van der Waals surface area contributed by atoms with Gasteiger partial charge in [0.05, 0.1) is 6.10 Å². The molecule has 7 rings (SSSR count). The highest BCUT2D eigenvalue weighted by Gasteiger charge is 2.74. The molecule has 32 heavy (non-hydrogen) atoms. The Morgan fingerprint density at radius 1 is 0.875 bits per heavy atom. The molecule has 5 fully saturated rings. The van der Waals surface area contributed by atoms with Gasteiger partial charge in [0.15, 0.2) is 0 Å². The van der Waals surface area contributed by atoms with E-state index in [0.717, 1.165) is 48.3 Å². The summed E-state index contributed by atoms with van der Waals surface area (Å²) in [5.41, 5.74) is -0.253. The molecule has 0 aromatic carbocycles. The second-order valence-corrected chi connectivity index (χ2v) is 13.9. The van der Waals surface area contributed by atoms with Crippen molar-refractivity contribution in [3.63, 3.8) is 0 Å². The maximum Gasteiger partial charge on any atom is 0.130 e. The van der Waals surface area contributed by atoms with Crippen molar-refractivity contribution in [1.82, 2.24) is 0 Å². The predicted molar refractivity (Wildman–Crippen MR) is 127 cm³/mol. The number of aliphatic hydroxyl groups is 1. The summed E-state index contributed by atoms with van der Waals surface area (Å²) in [7, 11) is 0. The second kappa shape index (κ2) is 6.85. The normalized spacial score (nSPS) is 57.6. The molecule has 180 valence electrons. The van der Waals surface area contributed by atoms with E-state index < -0.39 is 5.60 Å². The summed E-state index contributed by atoms with van der Waals surface area (Å²) in [6, 6.07) is 0. The number of rotatable bonds is 4. The lowest BCUT2D eigenvalue weighted by atomic mass is 9.42. The molecule has 2 heterocycles. The molecule has 12 atom stereocenters. The maximum absolute atomic E-state index is 10.4. The molecule has 2 aliphatic heterocycles. The average Bonchev–Trinajstić information content (AvgIpc) is 3.47. The Morgan fingerprint density at radius 3 is 2.34 bits per heavy atom. The highest BCUT2D eigenvalue weighted by Crippen LogP contribution is 2.73. The van der Waals surface area contributed by atoms with Gasteiger partial charge in [-0.15, -0.1) is 0 Å². The Morgan fingerprint density at radius 2 is 1.66 bits per heavy atom. The Bertz CT molecular complexity index is 806. The molecule has 0 radical (unpaired) electrons. The quantitative estimate of drug-likeness (QED) is 0.396. The van der Waals surface area contributed by atoms with E-state index in [1.54, 1.807) is 0 Å². The van der Waals surface area contributed by atoms with Gasteiger partial charge in [-0.2, -0.15) is 0 Å². The molecule has 1 saturated heterocycles. The molecule has 0 unspecified atom stereocenters. The van der Waals surface area contributed by atoms with Crippen LogP contribution in [-0.4, -0.2) is 22.4 Å². The molecule has 0 aromatic heterocycles. The van der Waals surface area contributed by atoms with Gasteiger partial charge >= 0.3 is 0 Å². The zero-order chi connectivity index (χ0) is 22.7. The smallest absolute Gasteiger partial charge is 0.130 e. The van der Waals surface area contributed by atoms with Crippen molar-refractivity contribution in [2.24, 2.45) is 58.2 Å². The molecule has 3 heteroatoms. The van der Waals surface area contributed by atoms with E-state index in [2.05, 4.69) is 53.7 Å². The van der Waals surface area contributed by atoms with Crippen LogP contribution in [0.3, 0.4) is 0 Å². The van der Waals surface area contributed by atoms with Gasteiger partial charge in [0.2, 0.25) is 0 Å². The second-order valence-electron chi connectivity index (χ2n) is 13.9. The standard InChI is InChI=1S/C29H46O3/c1-17(2)18(3)21-15-22(21)19(4)23-7-8-24-26(23,5)11-10-25-27(6)12-9-20(30)16-28(27)13-14-29(24,25)32-31-28/h13-14,17-25,30H,7-12,15-16H2,1-6H3/t18-,19+,20+,21-,22-,23-,24-,25-,26-,27-,28-,29+/m1/s1. The van der Waals surface area contributed by atoms with E-state index in [1.807, 2.05) is 0 Å². The van der Waals surface area contributed by atoms with Crippen molar-refractivity contribution in [3.8, 4) is 0 Å². The Balaban J connectivity index is 1.29. The Hall–Kier alpha value is -0.380. The van der Waals surface area contributed by atoms with Gasteiger partial charge < -0.3 is 5.11 Å². The van der Waals surface area contributed by atoms with Crippen molar-refractivity contribution >= 4 is 0 Å². The van der Waals surface area contributed by atoms with Crippen LogP contribution in [0.4, 0.5) is 0 Å². The van der Waals surface area contributed by atoms with Crippen molar-refractivity contribution in [2.75, 3.05) is 0 Å². The summed E-state index contributed by atoms with van der Waals surface area (Å²) < 4.78 is 0. The third-order valence-electron chi connectivity index (χ3n) is 12.6. The first kappa shape index (κ1) is 22.1. The van der Waals surface area contributed by atoms with Crippen LogP contribution in [0.15, 0.2) is 12.2 Å². The lowest BCUT2D eigenvalue weighted by Gasteiger charge is -2.69. The van der Waals surface area contributed by atoms with E-state index in [9.17, 15) is 5.11 Å². The third kappa shape index (κ3) is 2.60. The van der Waals surface area contributed by atoms with Crippen molar-refractivity contribution < 1.29 is 14.9 Å². The van der Waals surface area contributed by atoms with Crippen LogP contribution in [0, 0.1) is 58.2 Å². The van der Waals surface area contributed by atoms with Crippen LogP contribution in [0.5, 0.6) is 0 Å². The lowest BCUT2D eigenvalue weighted by molar-refractivity contribution is -0.497. The summed E-state index contributed by atoms with van der Waals surface area (Å²) in [6.45, 7) is 14.9. The van der Waals surface area contributed by atoms with Crippen LogP contribution in [0.25, 0.3) is 0 Å². The van der Waals surface area contributed by atoms with E-state index in [1.165, 1.54) is 32.1 Å². The summed E-state index contributed by atoms with van der Waals surface area (Å²) in [6.07, 6.45) is 13.8. The van der Waals surface area contributed by atoms with E-state index in [-0.39, 0.29) is 17.1 Å². The topological polar surface area (TPSA) is 38.7 Å². The first-order valence-corrected chi connectivity index (χ1v) is 13.8. The minimum absolute atomic E-state index is 0.0819. The van der Waals surface area contributed by atoms with Crippen molar-refractivity contribution in [1.29, 1.82) is 0 Å². The Labute approximate surface area is 195 Å². The van der Waals surface area contributed by atoms with Gasteiger partial charge in [-0.25, -0.2) is 9.78 Å². The fraction of sp³-hybridized carbons (Fsp3) is 0.931. The molecule has 4 saturated carbocycles. The first-order chi connectivity index (χ1) is 15.1. The average molecular weight is 443 g/mol. The molecule has 2 spiro atoms. The van der Waals surface area contributed by atoms with E-state index in [4.69, 9.17) is 9.78 Å². The highest BCUT2D eigenvalue weighted by atomic mass is 17.2. The molecular weight excluding hydrogens is 396 g/mol. The van der Waals surface area contributed by atoms with Crippen LogP contribution in [0.1, 0.15) is 92.9 Å². The summed E-state index contributed by atoms with van der Waals surface area (Å²) >= 11 is 0. The maximum atomic E-state index is 10.4. The summed E-state index contributed by atoms with van der Waals surface area (Å²) in [5, 5.41) is 10.4. The number of aliphatic hydroxyl groups excluding tert-OH is 1. The fourth-order valence-electron chi connectivity index (χ4n) is 10.2. The predicted octanol–water partition coefficient (Wildman–Crippen LogP) is 6.55. The van der Waals surface area contributed by atoms with E-state index in [0.29, 0.717) is 23.7 Å². The molecule has 0 aromatic rings. The SMILES string of the molecule is CC(C)[C@@H](C)[C@H]1C[C@@H]1[C@H](C)[C@H]1CC[C@@H]2[C@]1(C)CC[C@H]1[C@]23C=C[C@]2(C[C@@H](O)CC[C@]12C)OO3. The van der Waals surface area contributed by atoms with E-state index >= 15 is 0 Å². The Kier molecular flexibility index (Phi) is 4.73. The molecule has 2 bridgehead atoms. The van der Waals surface area contributed by atoms with Gasteiger partial charge in [-0.1, -0.05) is 47.6 Å². The number of fused-ring (bicyclic) bond motifs is 2. The van der Waals surface area contributed by atoms with Crippen LogP contribution >= 0.6 is 0 Å². The first-order valence-electron chi connectivity index (χ1n) is 13.8. The third-order valence-corrected chi connectivity index (χ3v) is 12.6. The lowest BCUT2D eigenvalue weighted by Crippen LogP contribution is -2.73. The minimum atomic E-state index is -0.426. The zero-order valence-corrected chi connectivity index (χ0v) is 21.3. The molecule has 3 nitrogen and oxygen atoms in total. The van der Waals surface area contributed by atoms with Gasteiger partial charge in [-0.3, -0.25) is 0 Å². The van der Waals surface area contributed by atoms with Crippen LogP contribution in [-0.2, 0) is 9.78 Å². The minimum Gasteiger partial charge on any atom is -0.393 e. The molecule has 7 aliphatic rings. The molecular formula is C29H46O3. The van der Waals surface area contributed by atoms with Crippen LogP contribution in [0.2, 0.25) is 0 Å². The molecule has 5 aliphatic carbocycles. The monoisotopic (exact) mass is 442 g/mol. The zero-order valence-electron chi connectivity index (χ0n) is 21.3. The highest BCUT2D eigenvalue weighted by molar-refractivity contribution is 5.33. The van der Waals surface area contributed by atoms with Crippen LogP contribution < -0.4 is 0 Å². The van der Waals surface area contributed by atoms with Gasteiger partial charge in [-0.05, 0) is 91.9 Å². The molecule has 0 amide bonds. The largest absolute Gasteiger partial charge is 0.393 e. The summed E-state index contributed by atoms with van der Waals surface area (Å²) in [4.78, 5) is 12.9. The van der Waals surface area contributed by atoms with Crippen molar-refractivity contribution in [2.45, 2.75) is 110 Å². The summed E-state index contributed by atoms with van der Waals surface area (Å²) in [5.74, 6) is 6.23. The fourth-order valence-corrected chi connectivity index (χ4v) is 10.2. The number of hydrogen-bond acceptors (Lipinski definition) is 3. The molecule has 1 N–H and O–H groups in total. The van der Waals surface area contributed by atoms with Gasteiger partial charge in [0.1, 0.15) is 11.2 Å². The van der Waals surface area contributed by atoms with Gasteiger partial charge in [0.25, 0.3) is 0 Å².